The van der Waals surface area contributed by atoms with Gasteiger partial charge >= 0.3 is 5.97 Å². The van der Waals surface area contributed by atoms with E-state index in [4.69, 9.17) is 10.8 Å². The maximum absolute atomic E-state index is 12.6. The number of fused-ring (bicyclic) bond motifs is 2. The first-order chi connectivity index (χ1) is 9.20. The van der Waals surface area contributed by atoms with Crippen molar-refractivity contribution >= 4 is 11.9 Å². The highest BCUT2D eigenvalue weighted by molar-refractivity contribution is 5.83. The summed E-state index contributed by atoms with van der Waals surface area (Å²) in [5.74, 6) is -0.487. The predicted molar refractivity (Wildman–Crippen MR) is 76.1 cm³/mol. The lowest BCUT2D eigenvalue weighted by Crippen LogP contribution is -2.56. The Morgan fingerprint density at radius 1 is 1.25 bits per heavy atom. The molecule has 2 heterocycles. The van der Waals surface area contributed by atoms with E-state index in [0.29, 0.717) is 0 Å². The molecule has 2 saturated heterocycles. The van der Waals surface area contributed by atoms with Crippen LogP contribution in [0.5, 0.6) is 0 Å². The lowest BCUT2D eigenvalue weighted by Gasteiger charge is -2.41. The van der Waals surface area contributed by atoms with Crippen LogP contribution in [0.2, 0.25) is 0 Å². The van der Waals surface area contributed by atoms with Gasteiger partial charge in [0.15, 0.2) is 0 Å². The second-order valence-corrected chi connectivity index (χ2v) is 7.41. The van der Waals surface area contributed by atoms with Crippen molar-refractivity contribution in [2.45, 2.75) is 71.0 Å². The first-order valence-corrected chi connectivity index (χ1v) is 7.49. The number of nitrogens with two attached hydrogens (primary N) is 1. The molecule has 5 heteroatoms. The van der Waals surface area contributed by atoms with E-state index in [1.54, 1.807) is 0 Å². The van der Waals surface area contributed by atoms with Gasteiger partial charge in [0.2, 0.25) is 5.91 Å². The summed E-state index contributed by atoms with van der Waals surface area (Å²) < 4.78 is 0. The quantitative estimate of drug-likeness (QED) is 0.823. The maximum atomic E-state index is 12.6. The van der Waals surface area contributed by atoms with Crippen LogP contribution >= 0.6 is 0 Å². The van der Waals surface area contributed by atoms with E-state index in [1.807, 2.05) is 25.7 Å². The summed E-state index contributed by atoms with van der Waals surface area (Å²) >= 11 is 0. The van der Waals surface area contributed by atoms with Gasteiger partial charge in [-0.05, 0) is 37.0 Å². The second-order valence-electron chi connectivity index (χ2n) is 7.41. The number of piperidine rings is 1. The van der Waals surface area contributed by atoms with Crippen LogP contribution < -0.4 is 5.73 Å². The Hall–Kier alpha value is -1.10. The zero-order valence-corrected chi connectivity index (χ0v) is 12.6. The van der Waals surface area contributed by atoms with Gasteiger partial charge in [-0.1, -0.05) is 20.8 Å². The van der Waals surface area contributed by atoms with E-state index < -0.39 is 12.0 Å². The van der Waals surface area contributed by atoms with Crippen molar-refractivity contribution in [3.8, 4) is 0 Å². The van der Waals surface area contributed by atoms with Crippen LogP contribution in [0.3, 0.4) is 0 Å². The summed E-state index contributed by atoms with van der Waals surface area (Å²) in [6.07, 6.45) is 3.82. The number of carbonyl (C=O) groups excluding carboxylic acids is 1. The van der Waals surface area contributed by atoms with Crippen LogP contribution in [0.25, 0.3) is 0 Å². The molecule has 0 aromatic rings. The van der Waals surface area contributed by atoms with Crippen LogP contribution in [0.4, 0.5) is 0 Å². The van der Waals surface area contributed by atoms with Crippen molar-refractivity contribution in [3.05, 3.63) is 0 Å². The average Bonchev–Trinajstić information content (AvgIpc) is 2.57. The third kappa shape index (κ3) is 2.97. The number of nitrogens with zero attached hydrogens (tertiary/aromatic N) is 1. The Balaban J connectivity index is 2.06. The Bertz CT molecular complexity index is 388. The third-order valence-corrected chi connectivity index (χ3v) is 4.75. The number of hydrogen-bond acceptors (Lipinski definition) is 3. The van der Waals surface area contributed by atoms with Gasteiger partial charge < -0.3 is 15.7 Å². The Morgan fingerprint density at radius 2 is 1.75 bits per heavy atom. The smallest absolute Gasteiger partial charge is 0.303 e. The molecule has 0 radical (unpaired) electrons. The molecule has 2 aliphatic rings. The van der Waals surface area contributed by atoms with E-state index in [1.165, 1.54) is 0 Å². The SMILES string of the molecule is CC(C)(C)[C@@H](N)C(=O)N1C2CCC1CC(CC(=O)O)C2. The average molecular weight is 282 g/mol. The van der Waals surface area contributed by atoms with Gasteiger partial charge in [0.1, 0.15) is 0 Å². The molecule has 2 fully saturated rings. The van der Waals surface area contributed by atoms with E-state index in [-0.39, 0.29) is 35.7 Å². The van der Waals surface area contributed by atoms with Crippen molar-refractivity contribution in [2.75, 3.05) is 0 Å². The molecule has 2 rings (SSSR count). The molecular formula is C15H26N2O3. The first kappa shape index (κ1) is 15.3. The van der Waals surface area contributed by atoms with Crippen LogP contribution in [-0.2, 0) is 9.59 Å². The van der Waals surface area contributed by atoms with Crippen molar-refractivity contribution in [1.82, 2.24) is 4.90 Å². The fraction of sp³-hybridized carbons (Fsp3) is 0.867. The van der Waals surface area contributed by atoms with Gasteiger partial charge in [-0.15, -0.1) is 0 Å². The number of carbonyl (C=O) groups is 2. The maximum Gasteiger partial charge on any atom is 0.303 e. The van der Waals surface area contributed by atoms with Crippen LogP contribution in [0.1, 0.15) is 52.9 Å². The van der Waals surface area contributed by atoms with E-state index in [9.17, 15) is 9.59 Å². The summed E-state index contributed by atoms with van der Waals surface area (Å²) in [5.41, 5.74) is 5.87. The van der Waals surface area contributed by atoms with Crippen LogP contribution in [0, 0.1) is 11.3 Å². The summed E-state index contributed by atoms with van der Waals surface area (Å²) in [6, 6.07) is -0.0976. The topological polar surface area (TPSA) is 83.6 Å². The molecule has 2 bridgehead atoms. The Labute approximate surface area is 120 Å². The zero-order chi connectivity index (χ0) is 15.1. The molecule has 0 aliphatic carbocycles. The minimum absolute atomic E-state index is 0.0405. The minimum Gasteiger partial charge on any atom is -0.481 e. The summed E-state index contributed by atoms with van der Waals surface area (Å²) in [4.78, 5) is 25.4. The van der Waals surface area contributed by atoms with E-state index in [2.05, 4.69) is 0 Å². The van der Waals surface area contributed by atoms with Gasteiger partial charge in [-0.2, -0.15) is 0 Å². The first-order valence-electron chi connectivity index (χ1n) is 7.49. The van der Waals surface area contributed by atoms with Gasteiger partial charge in [0.05, 0.1) is 6.04 Å². The number of amides is 1. The largest absolute Gasteiger partial charge is 0.481 e. The molecule has 0 saturated carbocycles. The zero-order valence-electron chi connectivity index (χ0n) is 12.6. The van der Waals surface area contributed by atoms with Gasteiger partial charge in [-0.3, -0.25) is 9.59 Å². The lowest BCUT2D eigenvalue weighted by molar-refractivity contribution is -0.141. The van der Waals surface area contributed by atoms with Crippen LogP contribution in [-0.4, -0.2) is 40.0 Å². The number of aliphatic carboxylic acids is 1. The lowest BCUT2D eigenvalue weighted by atomic mass is 9.83. The number of hydrogen-bond donors (Lipinski definition) is 2. The number of rotatable bonds is 3. The molecule has 20 heavy (non-hydrogen) atoms. The Kier molecular flexibility index (Phi) is 4.09. The summed E-state index contributed by atoms with van der Waals surface area (Å²) in [7, 11) is 0. The van der Waals surface area contributed by atoms with Crippen molar-refractivity contribution in [2.24, 2.45) is 17.1 Å². The standard InChI is InChI=1S/C15H26N2O3/c1-15(2,3)13(16)14(20)17-10-4-5-11(17)7-9(6-10)8-12(18)19/h9-11,13H,4-8,16H2,1-3H3,(H,18,19)/t9?,10?,11?,13-/m0/s1. The molecule has 3 atom stereocenters. The molecule has 0 aromatic carbocycles. The predicted octanol–water partition coefficient (Wildman–Crippen LogP) is 1.60. The molecule has 1 amide bonds. The fourth-order valence-corrected chi connectivity index (χ4v) is 3.59. The third-order valence-electron chi connectivity index (χ3n) is 4.75. The van der Waals surface area contributed by atoms with Crippen molar-refractivity contribution in [3.63, 3.8) is 0 Å². The van der Waals surface area contributed by atoms with Crippen molar-refractivity contribution in [1.29, 1.82) is 0 Å². The van der Waals surface area contributed by atoms with Gasteiger partial charge in [-0.25, -0.2) is 0 Å². The second kappa shape index (κ2) is 5.35. The van der Waals surface area contributed by atoms with Crippen LogP contribution in [0.15, 0.2) is 0 Å². The van der Waals surface area contributed by atoms with Gasteiger partial charge in [0.25, 0.3) is 0 Å². The van der Waals surface area contributed by atoms with E-state index >= 15 is 0 Å². The van der Waals surface area contributed by atoms with E-state index in [0.717, 1.165) is 25.7 Å². The minimum atomic E-state index is -0.736. The summed E-state index contributed by atoms with van der Waals surface area (Å²) in [5, 5.41) is 8.93. The highest BCUT2D eigenvalue weighted by Crippen LogP contribution is 2.40. The molecule has 2 unspecified atom stereocenters. The number of carboxylic acid groups (broad SMARTS) is 1. The molecule has 5 nitrogen and oxygen atoms in total. The highest BCUT2D eigenvalue weighted by Gasteiger charge is 2.46. The molecule has 0 spiro atoms. The van der Waals surface area contributed by atoms with Gasteiger partial charge in [0, 0.05) is 18.5 Å². The highest BCUT2D eigenvalue weighted by atomic mass is 16.4. The molecule has 114 valence electrons. The fourth-order valence-electron chi connectivity index (χ4n) is 3.59. The molecule has 0 aromatic heterocycles. The molecule has 2 aliphatic heterocycles. The van der Waals surface area contributed by atoms with Crippen molar-refractivity contribution < 1.29 is 14.7 Å². The normalized spacial score (nSPS) is 31.2. The monoisotopic (exact) mass is 282 g/mol. The molecular weight excluding hydrogens is 256 g/mol. The number of carboxylic acids is 1. The summed E-state index contributed by atoms with van der Waals surface area (Å²) in [6.45, 7) is 5.94. The Morgan fingerprint density at radius 3 is 2.15 bits per heavy atom. The molecule has 3 N–H and O–H groups in total.